The number of nitrogens with zero attached hydrogens (tertiary/aromatic N) is 1. The van der Waals surface area contributed by atoms with E-state index in [1.165, 1.54) is 12.1 Å². The molecule has 0 bridgehead atoms. The van der Waals surface area contributed by atoms with Crippen molar-refractivity contribution in [2.24, 2.45) is 0 Å². The standard InChI is InChI=1S/C14H15F3N2O/c15-14(16,17)13-7-11(5-4-9(13)8-18)19-10-2-1-3-12(20)6-10/h4-5,7,10,12,19-20H,1-3,6H2. The quantitative estimate of drug-likeness (QED) is 0.876. The molecule has 2 unspecified atom stereocenters. The molecule has 0 saturated heterocycles. The number of benzene rings is 1. The lowest BCUT2D eigenvalue weighted by atomic mass is 9.92. The minimum atomic E-state index is -4.55. The van der Waals surface area contributed by atoms with Crippen LogP contribution in [0.4, 0.5) is 18.9 Å². The Bertz CT molecular complexity index is 522. The van der Waals surface area contributed by atoms with E-state index in [-0.39, 0.29) is 11.6 Å². The van der Waals surface area contributed by atoms with Gasteiger partial charge in [0.05, 0.1) is 23.3 Å². The molecule has 1 saturated carbocycles. The third kappa shape index (κ3) is 3.42. The van der Waals surface area contributed by atoms with Gasteiger partial charge in [0.2, 0.25) is 0 Å². The first kappa shape index (κ1) is 14.7. The third-order valence-electron chi connectivity index (χ3n) is 3.46. The molecule has 0 radical (unpaired) electrons. The van der Waals surface area contributed by atoms with Gasteiger partial charge in [-0.15, -0.1) is 0 Å². The van der Waals surface area contributed by atoms with Gasteiger partial charge in [0.1, 0.15) is 0 Å². The molecule has 0 amide bonds. The van der Waals surface area contributed by atoms with Crippen LogP contribution in [0.15, 0.2) is 18.2 Å². The molecule has 1 aliphatic rings. The fourth-order valence-corrected chi connectivity index (χ4v) is 2.50. The normalized spacial score (nSPS) is 23.1. The monoisotopic (exact) mass is 284 g/mol. The summed E-state index contributed by atoms with van der Waals surface area (Å²) in [6.07, 6.45) is -2.02. The van der Waals surface area contributed by atoms with Crippen LogP contribution in [-0.4, -0.2) is 17.3 Å². The molecular weight excluding hydrogens is 269 g/mol. The maximum atomic E-state index is 12.8. The summed E-state index contributed by atoms with van der Waals surface area (Å²) in [7, 11) is 0. The van der Waals surface area contributed by atoms with Crippen LogP contribution in [0.1, 0.15) is 36.8 Å². The molecule has 0 heterocycles. The smallest absolute Gasteiger partial charge is 0.393 e. The van der Waals surface area contributed by atoms with Crippen LogP contribution in [0, 0.1) is 11.3 Å². The number of aliphatic hydroxyl groups excluding tert-OH is 1. The number of rotatable bonds is 2. The molecule has 0 aliphatic heterocycles. The van der Waals surface area contributed by atoms with E-state index in [1.807, 2.05) is 0 Å². The van der Waals surface area contributed by atoms with E-state index in [4.69, 9.17) is 5.26 Å². The molecule has 2 N–H and O–H groups in total. The average molecular weight is 284 g/mol. The van der Waals surface area contributed by atoms with Gasteiger partial charge in [0, 0.05) is 11.7 Å². The molecule has 0 aromatic heterocycles. The van der Waals surface area contributed by atoms with Crippen molar-refractivity contribution in [1.29, 1.82) is 5.26 Å². The Morgan fingerprint density at radius 1 is 1.30 bits per heavy atom. The molecule has 1 aliphatic carbocycles. The fourth-order valence-electron chi connectivity index (χ4n) is 2.50. The van der Waals surface area contributed by atoms with Gasteiger partial charge >= 0.3 is 6.18 Å². The van der Waals surface area contributed by atoms with Gasteiger partial charge in [-0.2, -0.15) is 18.4 Å². The van der Waals surface area contributed by atoms with Crippen LogP contribution in [-0.2, 0) is 6.18 Å². The van der Waals surface area contributed by atoms with Crippen molar-refractivity contribution in [2.45, 2.75) is 44.0 Å². The Morgan fingerprint density at radius 2 is 2.05 bits per heavy atom. The maximum Gasteiger partial charge on any atom is 0.417 e. The van der Waals surface area contributed by atoms with Crippen LogP contribution >= 0.6 is 0 Å². The van der Waals surface area contributed by atoms with Crippen LogP contribution in [0.3, 0.4) is 0 Å². The number of nitrogens with one attached hydrogen (secondary N) is 1. The maximum absolute atomic E-state index is 12.8. The van der Waals surface area contributed by atoms with E-state index in [1.54, 1.807) is 6.07 Å². The Morgan fingerprint density at radius 3 is 2.65 bits per heavy atom. The summed E-state index contributed by atoms with van der Waals surface area (Å²) in [5.74, 6) is 0. The van der Waals surface area contributed by atoms with E-state index in [9.17, 15) is 18.3 Å². The van der Waals surface area contributed by atoms with Crippen molar-refractivity contribution in [3.8, 4) is 6.07 Å². The molecule has 1 fully saturated rings. The first-order chi connectivity index (χ1) is 9.40. The van der Waals surface area contributed by atoms with Crippen LogP contribution in [0.2, 0.25) is 0 Å². The highest BCUT2D eigenvalue weighted by Crippen LogP contribution is 2.34. The Labute approximate surface area is 115 Å². The highest BCUT2D eigenvalue weighted by atomic mass is 19.4. The molecule has 2 rings (SSSR count). The Balaban J connectivity index is 2.19. The van der Waals surface area contributed by atoms with Gasteiger partial charge < -0.3 is 10.4 Å². The summed E-state index contributed by atoms with van der Waals surface area (Å²) in [6, 6.07) is 5.11. The summed E-state index contributed by atoms with van der Waals surface area (Å²) >= 11 is 0. The highest BCUT2D eigenvalue weighted by Gasteiger charge is 2.34. The van der Waals surface area contributed by atoms with Gasteiger partial charge in [0.25, 0.3) is 0 Å². The largest absolute Gasteiger partial charge is 0.417 e. The first-order valence-corrected chi connectivity index (χ1v) is 6.46. The van der Waals surface area contributed by atoms with Crippen molar-refractivity contribution in [3.63, 3.8) is 0 Å². The molecule has 108 valence electrons. The van der Waals surface area contributed by atoms with Crippen LogP contribution < -0.4 is 5.32 Å². The predicted octanol–water partition coefficient (Wildman–Crippen LogP) is 3.29. The topological polar surface area (TPSA) is 56.0 Å². The second kappa shape index (κ2) is 5.71. The zero-order valence-corrected chi connectivity index (χ0v) is 10.7. The molecule has 1 aromatic carbocycles. The molecule has 6 heteroatoms. The van der Waals surface area contributed by atoms with E-state index in [0.29, 0.717) is 12.1 Å². The predicted molar refractivity (Wildman–Crippen MR) is 68.0 cm³/mol. The lowest BCUT2D eigenvalue weighted by Crippen LogP contribution is -2.30. The molecule has 2 atom stereocenters. The molecule has 20 heavy (non-hydrogen) atoms. The van der Waals surface area contributed by atoms with E-state index >= 15 is 0 Å². The summed E-state index contributed by atoms with van der Waals surface area (Å²) in [5.41, 5.74) is -0.983. The number of halogens is 3. The van der Waals surface area contributed by atoms with Crippen molar-refractivity contribution < 1.29 is 18.3 Å². The molecule has 1 aromatic rings. The summed E-state index contributed by atoms with van der Waals surface area (Å²) in [4.78, 5) is 0. The lowest BCUT2D eigenvalue weighted by molar-refractivity contribution is -0.137. The fraction of sp³-hybridized carbons (Fsp3) is 0.500. The average Bonchev–Trinajstić information content (AvgIpc) is 2.37. The number of alkyl halides is 3. The van der Waals surface area contributed by atoms with Crippen LogP contribution in [0.25, 0.3) is 0 Å². The van der Waals surface area contributed by atoms with Crippen molar-refractivity contribution >= 4 is 5.69 Å². The van der Waals surface area contributed by atoms with E-state index < -0.39 is 17.8 Å². The number of hydrogen-bond donors (Lipinski definition) is 2. The second-order valence-electron chi connectivity index (χ2n) is 5.03. The number of anilines is 1. The minimum absolute atomic E-state index is 0.0345. The van der Waals surface area contributed by atoms with Gasteiger partial charge in [-0.3, -0.25) is 0 Å². The number of hydrogen-bond acceptors (Lipinski definition) is 3. The SMILES string of the molecule is N#Cc1ccc(NC2CCCC(O)C2)cc1C(F)(F)F. The second-order valence-corrected chi connectivity index (χ2v) is 5.03. The number of aliphatic hydroxyl groups is 1. The molecule has 0 spiro atoms. The minimum Gasteiger partial charge on any atom is -0.393 e. The van der Waals surface area contributed by atoms with Gasteiger partial charge in [-0.25, -0.2) is 0 Å². The molecule has 3 nitrogen and oxygen atoms in total. The number of nitriles is 1. The van der Waals surface area contributed by atoms with Crippen LogP contribution in [0.5, 0.6) is 0 Å². The lowest BCUT2D eigenvalue weighted by Gasteiger charge is -2.27. The van der Waals surface area contributed by atoms with Gasteiger partial charge in [-0.1, -0.05) is 0 Å². The van der Waals surface area contributed by atoms with Crippen molar-refractivity contribution in [2.75, 3.05) is 5.32 Å². The van der Waals surface area contributed by atoms with E-state index in [2.05, 4.69) is 5.32 Å². The van der Waals surface area contributed by atoms with Gasteiger partial charge in [-0.05, 0) is 43.9 Å². The zero-order chi connectivity index (χ0) is 14.8. The first-order valence-electron chi connectivity index (χ1n) is 6.46. The molecular formula is C14H15F3N2O. The van der Waals surface area contributed by atoms with E-state index in [0.717, 1.165) is 25.3 Å². The van der Waals surface area contributed by atoms with Gasteiger partial charge in [0.15, 0.2) is 0 Å². The summed E-state index contributed by atoms with van der Waals surface area (Å²) < 4.78 is 38.5. The summed E-state index contributed by atoms with van der Waals surface area (Å²) in [5, 5.41) is 21.3. The third-order valence-corrected chi connectivity index (χ3v) is 3.46. The highest BCUT2D eigenvalue weighted by molar-refractivity contribution is 5.53. The zero-order valence-electron chi connectivity index (χ0n) is 10.7. The van der Waals surface area contributed by atoms with Crippen molar-refractivity contribution in [1.82, 2.24) is 0 Å². The summed E-state index contributed by atoms with van der Waals surface area (Å²) in [6.45, 7) is 0. The Kier molecular flexibility index (Phi) is 4.19. The Hall–Kier alpha value is -1.74. The van der Waals surface area contributed by atoms with Crippen molar-refractivity contribution in [3.05, 3.63) is 29.3 Å².